The van der Waals surface area contributed by atoms with Crippen LogP contribution in [0.1, 0.15) is 24.3 Å². The van der Waals surface area contributed by atoms with Crippen molar-refractivity contribution < 1.29 is 43.3 Å². The van der Waals surface area contributed by atoms with Gasteiger partial charge in [-0.1, -0.05) is 23.8 Å². The molecule has 0 radical (unpaired) electrons. The van der Waals surface area contributed by atoms with Gasteiger partial charge in [-0.25, -0.2) is 14.2 Å². The summed E-state index contributed by atoms with van der Waals surface area (Å²) in [5.74, 6) is -9.57. The molecule has 53 heavy (non-hydrogen) atoms. The zero-order valence-corrected chi connectivity index (χ0v) is 29.5. The van der Waals surface area contributed by atoms with E-state index in [0.29, 0.717) is 10.5 Å². The second kappa shape index (κ2) is 12.2. The third-order valence-electron chi connectivity index (χ3n) is 10.6. The number of rotatable bonds is 7. The van der Waals surface area contributed by atoms with E-state index >= 15 is 0 Å². The van der Waals surface area contributed by atoms with E-state index in [1.165, 1.54) is 56.4 Å². The Kier molecular flexibility index (Phi) is 8.26. The van der Waals surface area contributed by atoms with Crippen LogP contribution in [0.2, 0.25) is 0 Å². The van der Waals surface area contributed by atoms with Gasteiger partial charge in [0.15, 0.2) is 26.9 Å². The fourth-order valence-electron chi connectivity index (χ4n) is 8.39. The Labute approximate surface area is 309 Å². The number of imide groups is 2. The third-order valence-corrected chi connectivity index (χ3v) is 12.0. The van der Waals surface area contributed by atoms with Gasteiger partial charge in [-0.3, -0.25) is 39.4 Å². The summed E-state index contributed by atoms with van der Waals surface area (Å²) < 4.78 is 19.2. The van der Waals surface area contributed by atoms with Crippen molar-refractivity contribution in [2.24, 2.45) is 17.8 Å². The number of nitrogens with zero attached hydrogens (tertiary/aromatic N) is 5. The van der Waals surface area contributed by atoms with Crippen LogP contribution < -0.4 is 19.4 Å². The van der Waals surface area contributed by atoms with Crippen molar-refractivity contribution in [3.8, 4) is 11.5 Å². The molecule has 7 rings (SSSR count). The van der Waals surface area contributed by atoms with E-state index in [1.54, 1.807) is 6.08 Å². The number of methoxy groups -OCH3 is 1. The molecule has 6 atom stereocenters. The number of para-hydroxylation sites is 1. The van der Waals surface area contributed by atoms with Crippen LogP contribution in [0, 0.1) is 43.8 Å². The minimum atomic E-state index is -2.34. The first-order chi connectivity index (χ1) is 25.0. The molecule has 0 bridgehead atoms. The fourth-order valence-corrected chi connectivity index (χ4v) is 9.32. The number of anilines is 3. The molecule has 274 valence electrons. The van der Waals surface area contributed by atoms with Gasteiger partial charge in [0.25, 0.3) is 11.8 Å². The molecule has 1 saturated carbocycles. The molecule has 0 unspecified atom stereocenters. The van der Waals surface area contributed by atoms with Crippen LogP contribution in [0.15, 0.2) is 66.2 Å². The number of halogens is 3. The van der Waals surface area contributed by atoms with E-state index in [0.717, 1.165) is 29.2 Å². The van der Waals surface area contributed by atoms with Gasteiger partial charge in [-0.2, -0.15) is 0 Å². The molecule has 15 nitrogen and oxygen atoms in total. The van der Waals surface area contributed by atoms with Crippen molar-refractivity contribution in [2.45, 2.75) is 28.5 Å². The highest BCUT2D eigenvalue weighted by atomic mass is 35.5. The molecule has 0 spiro atoms. The second-order valence-corrected chi connectivity index (χ2v) is 14.6. The number of nitro benzene ring substituents is 2. The highest BCUT2D eigenvalue weighted by Gasteiger charge is 2.77. The van der Waals surface area contributed by atoms with Gasteiger partial charge in [0.05, 0.1) is 40.2 Å². The number of nitro groups is 2. The van der Waals surface area contributed by atoms with Crippen LogP contribution in [0.25, 0.3) is 0 Å². The molecule has 0 aromatic heterocycles. The van der Waals surface area contributed by atoms with Crippen molar-refractivity contribution in [3.63, 3.8) is 0 Å². The summed E-state index contributed by atoms with van der Waals surface area (Å²) in [5, 5.41) is 35.7. The van der Waals surface area contributed by atoms with Crippen LogP contribution in [0.3, 0.4) is 0 Å². The van der Waals surface area contributed by atoms with Crippen LogP contribution in [0.4, 0.5) is 32.8 Å². The number of hydrogen-bond donors (Lipinski definition) is 1. The standard InChI is InChI=1S/C35H28Cl2FN5O10/c1-39(2)28-23(42(49)50)13-18(14-24(28)43(51)52)40-30(45)20-12-11-19-22(26(20)31(40)46)15-34(36)32(47)41(17-9-7-16(38)8-10-17)33(48)35(34,37)27(19)21-5-4-6-25(53-3)29(21)44/h4-11,13-14,20,22,26-27,44H,12,15H2,1-3H3/t20-,22+,26-,27+,34+,35-/m0/s1. The lowest BCUT2D eigenvalue weighted by Crippen LogP contribution is -2.60. The third kappa shape index (κ3) is 4.84. The lowest BCUT2D eigenvalue weighted by molar-refractivity contribution is -0.392. The summed E-state index contributed by atoms with van der Waals surface area (Å²) in [4.78, 5) is 78.0. The summed E-state index contributed by atoms with van der Waals surface area (Å²) in [6.07, 6.45) is 1.04. The highest BCUT2D eigenvalue weighted by Crippen LogP contribution is 2.67. The number of fused-ring (bicyclic) bond motifs is 4. The molecule has 2 saturated heterocycles. The van der Waals surface area contributed by atoms with Gasteiger partial charge in [0, 0.05) is 37.7 Å². The van der Waals surface area contributed by atoms with Crippen LogP contribution in [0.5, 0.6) is 11.5 Å². The van der Waals surface area contributed by atoms with Crippen molar-refractivity contribution in [2.75, 3.05) is 35.9 Å². The van der Waals surface area contributed by atoms with Crippen molar-refractivity contribution in [3.05, 3.63) is 97.9 Å². The van der Waals surface area contributed by atoms with Crippen LogP contribution in [-0.2, 0) is 19.2 Å². The molecule has 3 aromatic rings. The zero-order chi connectivity index (χ0) is 38.5. The molecule has 18 heteroatoms. The Bertz CT molecular complexity index is 2180. The highest BCUT2D eigenvalue weighted by molar-refractivity contribution is 6.58. The van der Waals surface area contributed by atoms with E-state index in [2.05, 4.69) is 0 Å². The predicted octanol–water partition coefficient (Wildman–Crippen LogP) is 5.19. The molecule has 3 fully saturated rings. The second-order valence-electron chi connectivity index (χ2n) is 13.4. The molecule has 4 amide bonds. The van der Waals surface area contributed by atoms with Crippen molar-refractivity contribution in [1.29, 1.82) is 0 Å². The number of benzene rings is 3. The lowest BCUT2D eigenvalue weighted by atomic mass is 9.56. The first-order valence-corrected chi connectivity index (χ1v) is 16.8. The van der Waals surface area contributed by atoms with Crippen molar-refractivity contribution >= 4 is 75.3 Å². The van der Waals surface area contributed by atoms with E-state index < -0.39 is 102 Å². The van der Waals surface area contributed by atoms with Gasteiger partial charge in [-0.05, 0) is 49.1 Å². The molecule has 4 aliphatic rings. The number of aromatic hydroxyl groups is 1. The lowest BCUT2D eigenvalue weighted by Gasteiger charge is -2.50. The number of carbonyl (C=O) groups is 4. The Hall–Kier alpha value is -5.61. The summed E-state index contributed by atoms with van der Waals surface area (Å²) in [6, 6.07) is 10.7. The summed E-state index contributed by atoms with van der Waals surface area (Å²) in [5.41, 5.74) is -1.90. The van der Waals surface area contributed by atoms with E-state index in [-0.39, 0.29) is 29.1 Å². The largest absolute Gasteiger partial charge is 0.504 e. The molecule has 3 aromatic carbocycles. The fraction of sp³-hybridized carbons (Fsp3) is 0.314. The van der Waals surface area contributed by atoms with E-state index in [1.807, 2.05) is 0 Å². The molecule has 2 aliphatic carbocycles. The SMILES string of the molecule is COc1cccc([C@H]2C3=CC[C@@H]4C(=O)N(c5cc([N+](=O)[O-])c(N(C)C)c([N+](=O)[O-])c5)C(=O)[C@@H]4[C@@H]3C[C@@]3(Cl)C(=O)N(c4ccc(F)cc4)C(=O)[C@@]23Cl)c1O. The Morgan fingerprint density at radius 1 is 0.906 bits per heavy atom. The van der Waals surface area contributed by atoms with Crippen LogP contribution >= 0.6 is 23.2 Å². The van der Waals surface area contributed by atoms with Gasteiger partial charge in [0.2, 0.25) is 11.8 Å². The van der Waals surface area contributed by atoms with Gasteiger partial charge in [-0.15, -0.1) is 23.2 Å². The monoisotopic (exact) mass is 767 g/mol. The van der Waals surface area contributed by atoms with Crippen LogP contribution in [-0.4, -0.2) is 69.5 Å². The first-order valence-electron chi connectivity index (χ1n) is 16.1. The zero-order valence-electron chi connectivity index (χ0n) is 28.0. The summed E-state index contributed by atoms with van der Waals surface area (Å²) in [6.45, 7) is 0. The maximum absolute atomic E-state index is 14.5. The first kappa shape index (κ1) is 35.8. The number of alkyl halides is 2. The quantitative estimate of drug-likeness (QED) is 0.109. The minimum Gasteiger partial charge on any atom is -0.504 e. The molecular weight excluding hydrogens is 740 g/mol. The van der Waals surface area contributed by atoms with E-state index in [4.69, 9.17) is 27.9 Å². The van der Waals surface area contributed by atoms with Gasteiger partial charge < -0.3 is 14.7 Å². The molecule has 2 heterocycles. The summed E-state index contributed by atoms with van der Waals surface area (Å²) >= 11 is 14.7. The average Bonchev–Trinajstić information content (AvgIpc) is 3.45. The average molecular weight is 769 g/mol. The minimum absolute atomic E-state index is 0.00540. The number of carbonyl (C=O) groups excluding carboxylic acids is 4. The number of ether oxygens (including phenoxy) is 1. The topological polar surface area (TPSA) is 194 Å². The predicted molar refractivity (Wildman–Crippen MR) is 188 cm³/mol. The molecule has 2 aliphatic heterocycles. The molecular formula is C35H28Cl2FN5O10. The number of phenols is 1. The Balaban J connectivity index is 1.40. The number of hydrogen-bond acceptors (Lipinski definition) is 11. The number of phenolic OH excluding ortho intramolecular Hbond substituents is 1. The van der Waals surface area contributed by atoms with E-state index in [9.17, 15) is 48.9 Å². The summed E-state index contributed by atoms with van der Waals surface area (Å²) in [7, 11) is 4.04. The number of amides is 4. The van der Waals surface area contributed by atoms with Crippen molar-refractivity contribution in [1.82, 2.24) is 0 Å². The maximum atomic E-state index is 14.5. The Morgan fingerprint density at radius 2 is 1.53 bits per heavy atom. The maximum Gasteiger partial charge on any atom is 0.301 e. The normalized spacial score (nSPS) is 27.6. The smallest absolute Gasteiger partial charge is 0.301 e. The van der Waals surface area contributed by atoms with Gasteiger partial charge in [0.1, 0.15) is 5.82 Å². The molecule has 1 N–H and O–H groups in total. The Morgan fingerprint density at radius 3 is 2.09 bits per heavy atom. The van der Waals surface area contributed by atoms with Gasteiger partial charge >= 0.3 is 11.4 Å². The number of allylic oxidation sites excluding steroid dienone is 2.